The molecule has 1 aromatic rings. The van der Waals surface area contributed by atoms with Crippen LogP contribution in [0.1, 0.15) is 38.1 Å². The van der Waals surface area contributed by atoms with Crippen LogP contribution in [0.3, 0.4) is 0 Å². The van der Waals surface area contributed by atoms with Crippen molar-refractivity contribution in [3.8, 4) is 0 Å². The molecule has 1 fully saturated rings. The molecule has 1 aliphatic heterocycles. The molecule has 0 saturated carbocycles. The van der Waals surface area contributed by atoms with Crippen LogP contribution < -0.4 is 4.90 Å². The first kappa shape index (κ1) is 13.3. The molecule has 4 heteroatoms. The number of rotatable bonds is 2. The van der Waals surface area contributed by atoms with E-state index in [2.05, 4.69) is 14.9 Å². The zero-order valence-corrected chi connectivity index (χ0v) is 11.8. The SMILES string of the molecule is Cc1cnc(C)c(N2CCC(C(C)(C)O)CC2)n1. The molecule has 4 nitrogen and oxygen atoms in total. The number of piperidine rings is 1. The number of aliphatic hydroxyl groups is 1. The second kappa shape index (κ2) is 4.84. The van der Waals surface area contributed by atoms with Gasteiger partial charge >= 0.3 is 0 Å². The fourth-order valence-corrected chi connectivity index (χ4v) is 2.62. The summed E-state index contributed by atoms with van der Waals surface area (Å²) in [5, 5.41) is 10.1. The molecular formula is C14H23N3O. The molecule has 2 rings (SSSR count). The molecule has 0 bridgehead atoms. The Morgan fingerprint density at radius 3 is 2.44 bits per heavy atom. The lowest BCUT2D eigenvalue weighted by atomic mass is 9.83. The van der Waals surface area contributed by atoms with Gasteiger partial charge in [0.15, 0.2) is 0 Å². The second-order valence-electron chi connectivity index (χ2n) is 5.84. The summed E-state index contributed by atoms with van der Waals surface area (Å²) in [7, 11) is 0. The summed E-state index contributed by atoms with van der Waals surface area (Å²) in [5.41, 5.74) is 1.38. The van der Waals surface area contributed by atoms with Gasteiger partial charge in [-0.25, -0.2) is 4.98 Å². The number of hydrogen-bond acceptors (Lipinski definition) is 4. The van der Waals surface area contributed by atoms with Crippen LogP contribution in [-0.4, -0.2) is 33.8 Å². The maximum absolute atomic E-state index is 10.1. The fourth-order valence-electron chi connectivity index (χ4n) is 2.62. The van der Waals surface area contributed by atoms with Gasteiger partial charge in [-0.2, -0.15) is 0 Å². The van der Waals surface area contributed by atoms with Crippen LogP contribution in [0.4, 0.5) is 5.82 Å². The van der Waals surface area contributed by atoms with Crippen molar-refractivity contribution in [3.05, 3.63) is 17.6 Å². The van der Waals surface area contributed by atoms with Gasteiger partial charge in [0.1, 0.15) is 5.82 Å². The minimum Gasteiger partial charge on any atom is -0.390 e. The smallest absolute Gasteiger partial charge is 0.150 e. The normalized spacial score (nSPS) is 18.2. The highest BCUT2D eigenvalue weighted by Crippen LogP contribution is 2.30. The first-order valence-electron chi connectivity index (χ1n) is 6.65. The fraction of sp³-hybridized carbons (Fsp3) is 0.714. The molecular weight excluding hydrogens is 226 g/mol. The van der Waals surface area contributed by atoms with Gasteiger partial charge in [-0.3, -0.25) is 4.98 Å². The molecule has 1 N–H and O–H groups in total. The van der Waals surface area contributed by atoms with Crippen molar-refractivity contribution < 1.29 is 5.11 Å². The van der Waals surface area contributed by atoms with Gasteiger partial charge in [0.25, 0.3) is 0 Å². The number of aryl methyl sites for hydroxylation is 2. The van der Waals surface area contributed by atoms with E-state index >= 15 is 0 Å². The molecule has 0 aliphatic carbocycles. The predicted octanol–water partition coefficient (Wildman–Crippen LogP) is 2.08. The Morgan fingerprint density at radius 1 is 1.28 bits per heavy atom. The summed E-state index contributed by atoms with van der Waals surface area (Å²) < 4.78 is 0. The molecule has 0 unspecified atom stereocenters. The summed E-state index contributed by atoms with van der Waals surface area (Å²) in [4.78, 5) is 11.2. The van der Waals surface area contributed by atoms with Crippen LogP contribution in [0.25, 0.3) is 0 Å². The van der Waals surface area contributed by atoms with E-state index < -0.39 is 5.60 Å². The Bertz CT molecular complexity index is 418. The summed E-state index contributed by atoms with van der Waals surface area (Å²) in [5.74, 6) is 1.39. The van der Waals surface area contributed by atoms with Gasteiger partial charge < -0.3 is 10.0 Å². The van der Waals surface area contributed by atoms with Crippen LogP contribution in [0.5, 0.6) is 0 Å². The van der Waals surface area contributed by atoms with Crippen molar-refractivity contribution in [1.29, 1.82) is 0 Å². The maximum atomic E-state index is 10.1. The molecule has 2 heterocycles. The van der Waals surface area contributed by atoms with Crippen LogP contribution >= 0.6 is 0 Å². The van der Waals surface area contributed by atoms with Gasteiger partial charge in [0.2, 0.25) is 0 Å². The highest BCUT2D eigenvalue weighted by molar-refractivity contribution is 5.43. The third-order valence-corrected chi connectivity index (χ3v) is 3.84. The summed E-state index contributed by atoms with van der Waals surface area (Å²) in [6, 6.07) is 0. The van der Waals surface area contributed by atoms with Crippen molar-refractivity contribution in [2.24, 2.45) is 5.92 Å². The monoisotopic (exact) mass is 249 g/mol. The van der Waals surface area contributed by atoms with Crippen molar-refractivity contribution in [3.63, 3.8) is 0 Å². The molecule has 1 aliphatic rings. The molecule has 18 heavy (non-hydrogen) atoms. The van der Waals surface area contributed by atoms with Gasteiger partial charge in [0.05, 0.1) is 17.0 Å². The third kappa shape index (κ3) is 2.80. The van der Waals surface area contributed by atoms with E-state index in [9.17, 15) is 5.11 Å². The zero-order chi connectivity index (χ0) is 13.3. The lowest BCUT2D eigenvalue weighted by Crippen LogP contribution is -2.42. The average molecular weight is 249 g/mol. The van der Waals surface area contributed by atoms with Gasteiger partial charge in [-0.15, -0.1) is 0 Å². The zero-order valence-electron chi connectivity index (χ0n) is 11.8. The molecule has 0 radical (unpaired) electrons. The predicted molar refractivity (Wildman–Crippen MR) is 72.7 cm³/mol. The summed E-state index contributed by atoms with van der Waals surface area (Å²) in [6.45, 7) is 9.70. The van der Waals surface area contributed by atoms with Crippen LogP contribution in [0.2, 0.25) is 0 Å². The highest BCUT2D eigenvalue weighted by Gasteiger charge is 2.31. The second-order valence-corrected chi connectivity index (χ2v) is 5.84. The van der Waals surface area contributed by atoms with Crippen molar-refractivity contribution in [2.75, 3.05) is 18.0 Å². The minimum atomic E-state index is -0.570. The molecule has 0 amide bonds. The van der Waals surface area contributed by atoms with E-state index in [4.69, 9.17) is 0 Å². The molecule has 0 aromatic carbocycles. The number of hydrogen-bond donors (Lipinski definition) is 1. The van der Waals surface area contributed by atoms with Gasteiger partial charge in [0, 0.05) is 19.3 Å². The van der Waals surface area contributed by atoms with Gasteiger partial charge in [-0.1, -0.05) is 0 Å². The molecule has 100 valence electrons. The number of nitrogens with zero attached hydrogens (tertiary/aromatic N) is 3. The van der Waals surface area contributed by atoms with E-state index in [-0.39, 0.29) is 0 Å². The lowest BCUT2D eigenvalue weighted by molar-refractivity contribution is 0.00645. The van der Waals surface area contributed by atoms with Gasteiger partial charge in [-0.05, 0) is 46.5 Å². The number of aromatic nitrogens is 2. The summed E-state index contributed by atoms with van der Waals surface area (Å²) in [6.07, 6.45) is 3.83. The van der Waals surface area contributed by atoms with E-state index in [0.717, 1.165) is 43.1 Å². The Labute approximate surface area is 109 Å². The third-order valence-electron chi connectivity index (χ3n) is 3.84. The number of anilines is 1. The summed E-state index contributed by atoms with van der Waals surface area (Å²) >= 11 is 0. The highest BCUT2D eigenvalue weighted by atomic mass is 16.3. The Hall–Kier alpha value is -1.16. The minimum absolute atomic E-state index is 0.381. The Morgan fingerprint density at radius 2 is 1.89 bits per heavy atom. The van der Waals surface area contributed by atoms with Crippen molar-refractivity contribution in [1.82, 2.24) is 9.97 Å². The average Bonchev–Trinajstić information content (AvgIpc) is 2.31. The van der Waals surface area contributed by atoms with E-state index in [1.54, 1.807) is 0 Å². The van der Waals surface area contributed by atoms with Crippen LogP contribution in [0.15, 0.2) is 6.20 Å². The quantitative estimate of drug-likeness (QED) is 0.872. The molecule has 0 atom stereocenters. The van der Waals surface area contributed by atoms with E-state index in [0.29, 0.717) is 5.92 Å². The lowest BCUT2D eigenvalue weighted by Gasteiger charge is -2.38. The van der Waals surface area contributed by atoms with Crippen LogP contribution in [-0.2, 0) is 0 Å². The van der Waals surface area contributed by atoms with Crippen molar-refractivity contribution in [2.45, 2.75) is 46.1 Å². The largest absolute Gasteiger partial charge is 0.390 e. The van der Waals surface area contributed by atoms with Crippen molar-refractivity contribution >= 4 is 5.82 Å². The molecule has 1 aromatic heterocycles. The molecule has 0 spiro atoms. The standard InChI is InChI=1S/C14H23N3O/c1-10-9-15-11(2)13(16-10)17-7-5-12(6-8-17)14(3,4)18/h9,12,18H,5-8H2,1-4H3. The Kier molecular flexibility index (Phi) is 3.57. The van der Waals surface area contributed by atoms with Crippen LogP contribution in [0, 0.1) is 19.8 Å². The molecule has 1 saturated heterocycles. The first-order valence-corrected chi connectivity index (χ1v) is 6.65. The van der Waals surface area contributed by atoms with E-state index in [1.807, 2.05) is 33.9 Å². The maximum Gasteiger partial charge on any atom is 0.150 e. The topological polar surface area (TPSA) is 49.2 Å². The first-order chi connectivity index (χ1) is 8.38. The Balaban J connectivity index is 2.08. The van der Waals surface area contributed by atoms with E-state index in [1.165, 1.54) is 0 Å².